The monoisotopic (exact) mass is 409 g/mol. The van der Waals surface area contributed by atoms with Gasteiger partial charge in [-0.1, -0.05) is 23.8 Å². The molecule has 3 aromatic rings. The van der Waals surface area contributed by atoms with Gasteiger partial charge in [-0.3, -0.25) is 14.6 Å². The van der Waals surface area contributed by atoms with Crippen molar-refractivity contribution in [2.24, 2.45) is 0 Å². The van der Waals surface area contributed by atoms with Crippen molar-refractivity contribution in [3.8, 4) is 11.5 Å². The van der Waals surface area contributed by atoms with Crippen LogP contribution in [0.2, 0.25) is 0 Å². The van der Waals surface area contributed by atoms with Crippen LogP contribution in [0.5, 0.6) is 0 Å². The first-order valence-electron chi connectivity index (χ1n) is 9.95. The number of halogens is 1. The van der Waals surface area contributed by atoms with Gasteiger partial charge in [-0.25, -0.2) is 4.39 Å². The lowest BCUT2D eigenvalue weighted by Gasteiger charge is -2.33. The smallest absolute Gasteiger partial charge is 0.247 e. The Bertz CT molecular complexity index is 1010. The third-order valence-electron chi connectivity index (χ3n) is 5.03. The minimum Gasteiger partial charge on any atom is -0.419 e. The number of amides is 1. The lowest BCUT2D eigenvalue weighted by molar-refractivity contribution is -0.117. The molecule has 1 aliphatic rings. The molecule has 0 radical (unpaired) electrons. The zero-order valence-corrected chi connectivity index (χ0v) is 16.8. The molecule has 0 bridgehead atoms. The minimum absolute atomic E-state index is 0.145. The fraction of sp³-hybridized carbons (Fsp3) is 0.318. The van der Waals surface area contributed by atoms with E-state index in [-0.39, 0.29) is 18.3 Å². The number of aromatic nitrogens is 2. The minimum atomic E-state index is -0.368. The third-order valence-corrected chi connectivity index (χ3v) is 5.03. The van der Waals surface area contributed by atoms with Crippen LogP contribution >= 0.6 is 0 Å². The summed E-state index contributed by atoms with van der Waals surface area (Å²) in [6.45, 7) is 6.01. The number of hydrogen-bond donors (Lipinski definition) is 1. The maximum atomic E-state index is 13.2. The second-order valence-corrected chi connectivity index (χ2v) is 7.48. The van der Waals surface area contributed by atoms with Gasteiger partial charge in [-0.2, -0.15) is 0 Å². The van der Waals surface area contributed by atoms with Gasteiger partial charge in [0.25, 0.3) is 0 Å². The fourth-order valence-electron chi connectivity index (χ4n) is 3.48. The molecule has 0 atom stereocenters. The van der Waals surface area contributed by atoms with Gasteiger partial charge in [0.2, 0.25) is 17.7 Å². The van der Waals surface area contributed by atoms with Gasteiger partial charge in [0.1, 0.15) is 5.82 Å². The molecule has 0 saturated carbocycles. The van der Waals surface area contributed by atoms with Crippen LogP contribution in [0.3, 0.4) is 0 Å². The Labute approximate surface area is 174 Å². The maximum absolute atomic E-state index is 13.2. The largest absolute Gasteiger partial charge is 0.419 e. The SMILES string of the molecule is Cc1cccc(-c2nnc(CN3CCN(CC(=O)Nc4cccc(F)c4)CC3)o2)c1. The number of rotatable bonds is 6. The second kappa shape index (κ2) is 9.15. The maximum Gasteiger partial charge on any atom is 0.247 e. The number of nitrogens with zero attached hydrogens (tertiary/aromatic N) is 4. The van der Waals surface area contributed by atoms with Crippen molar-refractivity contribution in [2.45, 2.75) is 13.5 Å². The Morgan fingerprint density at radius 3 is 2.60 bits per heavy atom. The van der Waals surface area contributed by atoms with Gasteiger partial charge >= 0.3 is 0 Å². The van der Waals surface area contributed by atoms with Crippen LogP contribution in [0.4, 0.5) is 10.1 Å². The van der Waals surface area contributed by atoms with Crippen LogP contribution in [-0.4, -0.2) is 58.6 Å². The van der Waals surface area contributed by atoms with E-state index in [4.69, 9.17) is 4.42 Å². The quantitative estimate of drug-likeness (QED) is 0.675. The summed E-state index contributed by atoms with van der Waals surface area (Å²) in [4.78, 5) is 16.5. The molecule has 2 aromatic carbocycles. The molecule has 2 heterocycles. The molecule has 8 heteroatoms. The van der Waals surface area contributed by atoms with Crippen molar-refractivity contribution >= 4 is 11.6 Å². The van der Waals surface area contributed by atoms with Crippen LogP contribution in [0, 0.1) is 12.7 Å². The van der Waals surface area contributed by atoms with Gasteiger partial charge in [0.15, 0.2) is 0 Å². The van der Waals surface area contributed by atoms with Gasteiger partial charge in [0, 0.05) is 37.4 Å². The van der Waals surface area contributed by atoms with Crippen molar-refractivity contribution < 1.29 is 13.6 Å². The predicted octanol–water partition coefficient (Wildman–Crippen LogP) is 2.94. The third kappa shape index (κ3) is 5.28. The molecule has 0 unspecified atom stereocenters. The summed E-state index contributed by atoms with van der Waals surface area (Å²) >= 11 is 0. The van der Waals surface area contributed by atoms with Gasteiger partial charge in [-0.15, -0.1) is 10.2 Å². The summed E-state index contributed by atoms with van der Waals surface area (Å²) in [7, 11) is 0. The van der Waals surface area contributed by atoms with E-state index in [0.717, 1.165) is 37.3 Å². The molecule has 1 amide bonds. The highest BCUT2D eigenvalue weighted by atomic mass is 19.1. The van der Waals surface area contributed by atoms with Gasteiger partial charge in [-0.05, 0) is 37.3 Å². The van der Waals surface area contributed by atoms with E-state index >= 15 is 0 Å². The number of carbonyl (C=O) groups excluding carboxylic acids is 1. The van der Waals surface area contributed by atoms with E-state index in [1.807, 2.05) is 31.2 Å². The van der Waals surface area contributed by atoms with E-state index < -0.39 is 0 Å². The van der Waals surface area contributed by atoms with E-state index in [0.29, 0.717) is 24.0 Å². The molecule has 1 saturated heterocycles. The lowest BCUT2D eigenvalue weighted by Crippen LogP contribution is -2.48. The first kappa shape index (κ1) is 20.2. The van der Waals surface area contributed by atoms with Crippen molar-refractivity contribution in [1.29, 1.82) is 0 Å². The normalized spacial score (nSPS) is 15.3. The summed E-state index contributed by atoms with van der Waals surface area (Å²) in [5.41, 5.74) is 2.53. The van der Waals surface area contributed by atoms with Gasteiger partial charge < -0.3 is 9.73 Å². The standard InChI is InChI=1S/C22H24FN5O2/c1-16-4-2-5-17(12-16)22-26-25-21(30-22)15-28-10-8-27(9-11-28)14-20(29)24-19-7-3-6-18(23)13-19/h2-7,12-13H,8-11,14-15H2,1H3,(H,24,29). The Morgan fingerprint density at radius 2 is 1.83 bits per heavy atom. The van der Waals surface area contributed by atoms with E-state index in [1.165, 1.54) is 12.1 Å². The molecule has 30 heavy (non-hydrogen) atoms. The average Bonchev–Trinajstić information content (AvgIpc) is 3.18. The highest BCUT2D eigenvalue weighted by Crippen LogP contribution is 2.19. The van der Waals surface area contributed by atoms with Crippen LogP contribution in [-0.2, 0) is 11.3 Å². The van der Waals surface area contributed by atoms with E-state index in [9.17, 15) is 9.18 Å². The summed E-state index contributed by atoms with van der Waals surface area (Å²) < 4.78 is 19.1. The number of benzene rings is 2. The fourth-order valence-corrected chi connectivity index (χ4v) is 3.48. The molecule has 1 aromatic heterocycles. The summed E-state index contributed by atoms with van der Waals surface area (Å²) in [5, 5.41) is 11.1. The zero-order valence-electron chi connectivity index (χ0n) is 16.8. The Balaban J connectivity index is 1.24. The summed E-state index contributed by atoms with van der Waals surface area (Å²) in [5.74, 6) is 0.604. The molecule has 0 aliphatic carbocycles. The van der Waals surface area contributed by atoms with E-state index in [1.54, 1.807) is 12.1 Å². The van der Waals surface area contributed by atoms with Crippen LogP contribution in [0.15, 0.2) is 52.9 Å². The van der Waals surface area contributed by atoms with Crippen LogP contribution in [0.1, 0.15) is 11.5 Å². The molecule has 156 valence electrons. The predicted molar refractivity (Wildman–Crippen MR) is 111 cm³/mol. The molecule has 1 fully saturated rings. The van der Waals surface area contributed by atoms with Crippen molar-refractivity contribution in [2.75, 3.05) is 38.0 Å². The first-order valence-corrected chi connectivity index (χ1v) is 9.95. The number of nitrogens with one attached hydrogen (secondary N) is 1. The molecule has 7 nitrogen and oxygen atoms in total. The molecule has 4 rings (SSSR count). The first-order chi connectivity index (χ1) is 14.5. The Hall–Kier alpha value is -3.10. The molecular formula is C22H24FN5O2. The average molecular weight is 409 g/mol. The number of piperazine rings is 1. The molecule has 1 N–H and O–H groups in total. The highest BCUT2D eigenvalue weighted by molar-refractivity contribution is 5.92. The molecule has 1 aliphatic heterocycles. The Kier molecular flexibility index (Phi) is 6.15. The van der Waals surface area contributed by atoms with E-state index in [2.05, 4.69) is 25.3 Å². The zero-order chi connectivity index (χ0) is 20.9. The van der Waals surface area contributed by atoms with Crippen molar-refractivity contribution in [3.05, 3.63) is 65.8 Å². The highest BCUT2D eigenvalue weighted by Gasteiger charge is 2.21. The molecule has 0 spiro atoms. The molecular weight excluding hydrogens is 385 g/mol. The summed E-state index contributed by atoms with van der Waals surface area (Å²) in [6, 6.07) is 13.9. The summed E-state index contributed by atoms with van der Waals surface area (Å²) in [6.07, 6.45) is 0. The second-order valence-electron chi connectivity index (χ2n) is 7.48. The van der Waals surface area contributed by atoms with Crippen molar-refractivity contribution in [3.63, 3.8) is 0 Å². The van der Waals surface area contributed by atoms with Gasteiger partial charge in [0.05, 0.1) is 13.1 Å². The number of anilines is 1. The topological polar surface area (TPSA) is 74.5 Å². The number of hydrogen-bond acceptors (Lipinski definition) is 6. The van der Waals surface area contributed by atoms with Crippen LogP contribution in [0.25, 0.3) is 11.5 Å². The lowest BCUT2D eigenvalue weighted by atomic mass is 10.1. The number of carbonyl (C=O) groups is 1. The van der Waals surface area contributed by atoms with Crippen molar-refractivity contribution in [1.82, 2.24) is 20.0 Å². The Morgan fingerprint density at radius 1 is 1.07 bits per heavy atom. The van der Waals surface area contributed by atoms with Crippen LogP contribution < -0.4 is 5.32 Å². The number of aryl methyl sites for hydroxylation is 1.